The van der Waals surface area contributed by atoms with E-state index in [9.17, 15) is 0 Å². The first-order chi connectivity index (χ1) is 6.75. The molecule has 2 rings (SSSR count). The summed E-state index contributed by atoms with van der Waals surface area (Å²) in [4.78, 5) is 0. The lowest BCUT2D eigenvalue weighted by Gasteiger charge is -2.29. The van der Waals surface area contributed by atoms with E-state index in [4.69, 9.17) is 9.47 Å². The van der Waals surface area contributed by atoms with E-state index in [2.05, 4.69) is 29.5 Å². The van der Waals surface area contributed by atoms with E-state index in [-0.39, 0.29) is 0 Å². The Labute approximate surface area is 99.9 Å². The first kappa shape index (κ1) is 11.1. The Morgan fingerprint density at radius 3 is 2.79 bits per heavy atom. The zero-order valence-corrected chi connectivity index (χ0v) is 10.9. The minimum Gasteiger partial charge on any atom is -0.378 e. The Morgan fingerprint density at radius 1 is 1.29 bits per heavy atom. The Morgan fingerprint density at radius 2 is 2.14 bits per heavy atom. The van der Waals surface area contributed by atoms with E-state index >= 15 is 0 Å². The highest BCUT2D eigenvalue weighted by atomic mass is 127. The molecule has 0 spiro atoms. The van der Waals surface area contributed by atoms with Gasteiger partial charge in [-0.3, -0.25) is 0 Å². The number of rotatable bonds is 2. The third-order valence-electron chi connectivity index (χ3n) is 3.22. The second-order valence-corrected chi connectivity index (χ2v) is 6.22. The molecule has 4 unspecified atom stereocenters. The molecule has 0 N–H and O–H groups in total. The smallest absolute Gasteiger partial charge is 0.0951 e. The van der Waals surface area contributed by atoms with Gasteiger partial charge in [0.1, 0.15) is 0 Å². The molecule has 1 saturated heterocycles. The predicted octanol–water partition coefficient (Wildman–Crippen LogP) is 2.78. The standard InChI is InChI=1S/C11H19IO2/c1-8-3-2-4-9(5-8)14-11-7-13-6-10(11)12/h8-11H,2-7H2,1H3. The molecule has 2 nitrogen and oxygen atoms in total. The summed E-state index contributed by atoms with van der Waals surface area (Å²) < 4.78 is 12.1. The van der Waals surface area contributed by atoms with E-state index in [1.165, 1.54) is 25.7 Å². The molecule has 0 bridgehead atoms. The van der Waals surface area contributed by atoms with E-state index in [0.29, 0.717) is 16.1 Å². The van der Waals surface area contributed by atoms with Gasteiger partial charge in [0.2, 0.25) is 0 Å². The van der Waals surface area contributed by atoms with Crippen molar-refractivity contribution in [2.75, 3.05) is 13.2 Å². The lowest BCUT2D eigenvalue weighted by molar-refractivity contribution is -0.0377. The molecule has 0 amide bonds. The molecule has 82 valence electrons. The van der Waals surface area contributed by atoms with Gasteiger partial charge in [0.05, 0.1) is 29.3 Å². The second-order valence-electron chi connectivity index (χ2n) is 4.62. The Balaban J connectivity index is 1.78. The van der Waals surface area contributed by atoms with E-state index in [0.717, 1.165) is 19.1 Å². The fourth-order valence-electron chi connectivity index (χ4n) is 2.38. The minimum absolute atomic E-state index is 0.353. The van der Waals surface area contributed by atoms with Crippen molar-refractivity contribution in [3.8, 4) is 0 Å². The van der Waals surface area contributed by atoms with Gasteiger partial charge in [-0.2, -0.15) is 0 Å². The zero-order valence-electron chi connectivity index (χ0n) is 8.75. The van der Waals surface area contributed by atoms with Crippen LogP contribution >= 0.6 is 22.6 Å². The number of hydrogen-bond acceptors (Lipinski definition) is 2. The Bertz CT molecular complexity index is 186. The molecule has 0 aromatic heterocycles. The number of ether oxygens (including phenoxy) is 2. The molecular formula is C11H19IO2. The van der Waals surface area contributed by atoms with Crippen molar-refractivity contribution >= 4 is 22.6 Å². The van der Waals surface area contributed by atoms with E-state index < -0.39 is 0 Å². The quantitative estimate of drug-likeness (QED) is 0.577. The van der Waals surface area contributed by atoms with Crippen LogP contribution in [0.3, 0.4) is 0 Å². The van der Waals surface area contributed by atoms with Crippen molar-refractivity contribution in [3.63, 3.8) is 0 Å². The molecule has 14 heavy (non-hydrogen) atoms. The highest BCUT2D eigenvalue weighted by Crippen LogP contribution is 2.29. The SMILES string of the molecule is CC1CCCC(OC2COCC2I)C1. The fourth-order valence-corrected chi connectivity index (χ4v) is 3.01. The van der Waals surface area contributed by atoms with E-state index in [1.807, 2.05) is 0 Å². The normalized spacial score (nSPS) is 44.1. The Hall–Kier alpha value is 0.650. The van der Waals surface area contributed by atoms with Gasteiger partial charge in [-0.1, -0.05) is 42.4 Å². The molecule has 1 heterocycles. The van der Waals surface area contributed by atoms with Crippen molar-refractivity contribution in [3.05, 3.63) is 0 Å². The lowest BCUT2D eigenvalue weighted by Crippen LogP contribution is -2.31. The van der Waals surface area contributed by atoms with Crippen molar-refractivity contribution in [2.24, 2.45) is 5.92 Å². The Kier molecular flexibility index (Phi) is 4.08. The third-order valence-corrected chi connectivity index (χ3v) is 4.38. The van der Waals surface area contributed by atoms with Gasteiger partial charge >= 0.3 is 0 Å². The van der Waals surface area contributed by atoms with Crippen LogP contribution < -0.4 is 0 Å². The maximum absolute atomic E-state index is 6.10. The van der Waals surface area contributed by atoms with Crippen LogP contribution in [0.5, 0.6) is 0 Å². The molecule has 2 fully saturated rings. The van der Waals surface area contributed by atoms with Crippen molar-refractivity contribution in [1.29, 1.82) is 0 Å². The third kappa shape index (κ3) is 2.83. The van der Waals surface area contributed by atoms with Crippen LogP contribution in [0.15, 0.2) is 0 Å². The van der Waals surface area contributed by atoms with Crippen molar-refractivity contribution in [1.82, 2.24) is 0 Å². The molecule has 1 aliphatic carbocycles. The van der Waals surface area contributed by atoms with Gasteiger partial charge in [-0.25, -0.2) is 0 Å². The first-order valence-electron chi connectivity index (χ1n) is 5.63. The summed E-state index contributed by atoms with van der Waals surface area (Å²) in [5, 5.41) is 0. The summed E-state index contributed by atoms with van der Waals surface area (Å²) >= 11 is 2.45. The highest BCUT2D eigenvalue weighted by molar-refractivity contribution is 14.1. The van der Waals surface area contributed by atoms with Gasteiger partial charge in [0.15, 0.2) is 0 Å². The maximum Gasteiger partial charge on any atom is 0.0951 e. The van der Waals surface area contributed by atoms with Gasteiger partial charge in [-0.15, -0.1) is 0 Å². The molecule has 1 aliphatic heterocycles. The fraction of sp³-hybridized carbons (Fsp3) is 1.00. The molecule has 1 saturated carbocycles. The monoisotopic (exact) mass is 310 g/mol. The summed E-state index contributed by atoms with van der Waals surface area (Å²) in [7, 11) is 0. The summed E-state index contributed by atoms with van der Waals surface area (Å²) in [6.07, 6.45) is 6.08. The maximum atomic E-state index is 6.10. The largest absolute Gasteiger partial charge is 0.378 e. The van der Waals surface area contributed by atoms with Crippen LogP contribution in [0.25, 0.3) is 0 Å². The van der Waals surface area contributed by atoms with Crippen LogP contribution in [0.2, 0.25) is 0 Å². The summed E-state index contributed by atoms with van der Waals surface area (Å²) in [6, 6.07) is 0. The number of halogens is 1. The highest BCUT2D eigenvalue weighted by Gasteiger charge is 2.30. The molecule has 0 aromatic rings. The second kappa shape index (κ2) is 5.12. The topological polar surface area (TPSA) is 18.5 Å². The molecule has 0 radical (unpaired) electrons. The van der Waals surface area contributed by atoms with Gasteiger partial charge in [-0.05, 0) is 18.8 Å². The van der Waals surface area contributed by atoms with E-state index in [1.54, 1.807) is 0 Å². The van der Waals surface area contributed by atoms with Gasteiger partial charge in [0.25, 0.3) is 0 Å². The summed E-state index contributed by atoms with van der Waals surface area (Å²) in [6.45, 7) is 4.01. The van der Waals surface area contributed by atoms with Crippen LogP contribution in [0.4, 0.5) is 0 Å². The molecule has 0 aromatic carbocycles. The minimum atomic E-state index is 0.353. The van der Waals surface area contributed by atoms with Crippen molar-refractivity contribution < 1.29 is 9.47 Å². The lowest BCUT2D eigenvalue weighted by atomic mass is 9.88. The summed E-state index contributed by atoms with van der Waals surface area (Å²) in [5.41, 5.74) is 0. The number of hydrogen-bond donors (Lipinski definition) is 0. The zero-order chi connectivity index (χ0) is 9.97. The number of alkyl halides is 1. The average molecular weight is 310 g/mol. The van der Waals surface area contributed by atoms with Crippen LogP contribution in [0.1, 0.15) is 32.6 Å². The van der Waals surface area contributed by atoms with Crippen LogP contribution in [-0.2, 0) is 9.47 Å². The molecule has 2 aliphatic rings. The van der Waals surface area contributed by atoms with Gasteiger partial charge < -0.3 is 9.47 Å². The predicted molar refractivity (Wildman–Crippen MR) is 64.9 cm³/mol. The first-order valence-corrected chi connectivity index (χ1v) is 6.87. The molecular weight excluding hydrogens is 291 g/mol. The summed E-state index contributed by atoms with van der Waals surface area (Å²) in [5.74, 6) is 0.851. The van der Waals surface area contributed by atoms with Crippen molar-refractivity contribution in [2.45, 2.75) is 48.7 Å². The van der Waals surface area contributed by atoms with Crippen LogP contribution in [0, 0.1) is 5.92 Å². The average Bonchev–Trinajstić information content (AvgIpc) is 2.52. The molecule has 4 atom stereocenters. The van der Waals surface area contributed by atoms with Gasteiger partial charge in [0, 0.05) is 0 Å². The molecule has 3 heteroatoms. The van der Waals surface area contributed by atoms with Crippen LogP contribution in [-0.4, -0.2) is 29.3 Å².